The first-order valence-electron chi connectivity index (χ1n) is 9.66. The molecule has 2 amide bonds. The number of esters is 1. The van der Waals surface area contributed by atoms with E-state index < -0.39 is 16.9 Å². The Labute approximate surface area is 174 Å². The van der Waals surface area contributed by atoms with Crippen molar-refractivity contribution in [2.75, 3.05) is 13.2 Å². The molecule has 8 heteroatoms. The zero-order valence-corrected chi connectivity index (χ0v) is 16.8. The van der Waals surface area contributed by atoms with E-state index in [9.17, 15) is 19.7 Å². The second-order valence-electron chi connectivity index (χ2n) is 6.85. The van der Waals surface area contributed by atoms with E-state index in [1.165, 1.54) is 29.2 Å². The maximum absolute atomic E-state index is 13.0. The fourth-order valence-corrected chi connectivity index (χ4v) is 3.45. The zero-order valence-electron chi connectivity index (χ0n) is 16.8. The van der Waals surface area contributed by atoms with Gasteiger partial charge in [-0.2, -0.15) is 0 Å². The van der Waals surface area contributed by atoms with Crippen molar-refractivity contribution in [2.45, 2.75) is 26.3 Å². The number of allylic oxidation sites excluding steroid dienone is 1. The van der Waals surface area contributed by atoms with Crippen molar-refractivity contribution in [3.05, 3.63) is 87.1 Å². The Kier molecular flexibility index (Phi) is 6.46. The van der Waals surface area contributed by atoms with E-state index in [2.05, 4.69) is 5.32 Å². The average Bonchev–Trinajstić information content (AvgIpc) is 2.74. The lowest BCUT2D eigenvalue weighted by molar-refractivity contribution is -0.384. The summed E-state index contributed by atoms with van der Waals surface area (Å²) in [7, 11) is 0. The molecule has 1 N–H and O–H groups in total. The first-order valence-corrected chi connectivity index (χ1v) is 9.66. The molecule has 1 atom stereocenters. The highest BCUT2D eigenvalue weighted by molar-refractivity contribution is 5.95. The summed E-state index contributed by atoms with van der Waals surface area (Å²) < 4.78 is 5.51. The number of rotatable bonds is 7. The molecule has 0 saturated heterocycles. The Morgan fingerprint density at radius 3 is 2.43 bits per heavy atom. The predicted octanol–water partition coefficient (Wildman–Crippen LogP) is 3.74. The number of urea groups is 1. The van der Waals surface area contributed by atoms with E-state index in [0.717, 1.165) is 5.56 Å². The molecular weight excluding hydrogens is 386 g/mol. The first-order chi connectivity index (χ1) is 14.4. The summed E-state index contributed by atoms with van der Waals surface area (Å²) in [5.74, 6) is -0.523. The summed E-state index contributed by atoms with van der Waals surface area (Å²) in [6.07, 6.45) is 0.574. The highest BCUT2D eigenvalue weighted by atomic mass is 16.6. The van der Waals surface area contributed by atoms with Crippen LogP contribution in [0.15, 0.2) is 65.9 Å². The van der Waals surface area contributed by atoms with Gasteiger partial charge < -0.3 is 10.1 Å². The van der Waals surface area contributed by atoms with Crippen molar-refractivity contribution in [1.29, 1.82) is 0 Å². The molecule has 0 saturated carbocycles. The Bertz CT molecular complexity index is 970. The fraction of sp³-hybridized carbons (Fsp3) is 0.273. The molecule has 0 radical (unpaired) electrons. The van der Waals surface area contributed by atoms with Crippen LogP contribution < -0.4 is 5.32 Å². The zero-order chi connectivity index (χ0) is 21.7. The molecule has 1 aliphatic heterocycles. The minimum absolute atomic E-state index is 0.0660. The van der Waals surface area contributed by atoms with Gasteiger partial charge in [0.1, 0.15) is 0 Å². The Balaban J connectivity index is 1.85. The van der Waals surface area contributed by atoms with Crippen LogP contribution >= 0.6 is 0 Å². The van der Waals surface area contributed by atoms with Gasteiger partial charge in [0.15, 0.2) is 0 Å². The third kappa shape index (κ3) is 4.48. The molecule has 3 rings (SSSR count). The second-order valence-corrected chi connectivity index (χ2v) is 6.85. The molecule has 1 heterocycles. The number of hydrogen-bond acceptors (Lipinski definition) is 5. The van der Waals surface area contributed by atoms with Gasteiger partial charge in [-0.25, -0.2) is 9.59 Å². The minimum Gasteiger partial charge on any atom is -0.462 e. The second kappa shape index (κ2) is 9.21. The van der Waals surface area contributed by atoms with Crippen LogP contribution in [-0.2, 0) is 16.0 Å². The molecule has 2 aromatic rings. The Morgan fingerprint density at radius 2 is 1.83 bits per heavy atom. The van der Waals surface area contributed by atoms with Crippen LogP contribution in [0.3, 0.4) is 0 Å². The fourth-order valence-electron chi connectivity index (χ4n) is 3.45. The number of nitrogens with one attached hydrogen (secondary N) is 1. The van der Waals surface area contributed by atoms with Gasteiger partial charge in [-0.05, 0) is 37.1 Å². The van der Waals surface area contributed by atoms with Gasteiger partial charge >= 0.3 is 12.0 Å². The molecule has 1 aliphatic rings. The Morgan fingerprint density at radius 1 is 1.17 bits per heavy atom. The highest BCUT2D eigenvalue weighted by Gasteiger charge is 2.36. The standard InChI is InChI=1S/C22H23N3O5/c1-3-24-15(2)19(21(26)30-14-13-16-7-5-4-6-8-16)20(23-22(24)27)17-9-11-18(12-10-17)25(28)29/h4-12,20H,3,13-14H2,1-2H3,(H,23,27). The van der Waals surface area contributed by atoms with E-state index in [1.54, 1.807) is 6.92 Å². The van der Waals surface area contributed by atoms with Gasteiger partial charge in [0.2, 0.25) is 0 Å². The molecular formula is C22H23N3O5. The van der Waals surface area contributed by atoms with Crippen molar-refractivity contribution < 1.29 is 19.2 Å². The number of ether oxygens (including phenoxy) is 1. The summed E-state index contributed by atoms with van der Waals surface area (Å²) >= 11 is 0. The van der Waals surface area contributed by atoms with Crippen LogP contribution in [0.25, 0.3) is 0 Å². The van der Waals surface area contributed by atoms with Gasteiger partial charge in [0.25, 0.3) is 5.69 Å². The molecule has 156 valence electrons. The maximum atomic E-state index is 13.0. The quantitative estimate of drug-likeness (QED) is 0.426. The van der Waals surface area contributed by atoms with E-state index >= 15 is 0 Å². The van der Waals surface area contributed by atoms with Crippen LogP contribution in [-0.4, -0.2) is 35.0 Å². The molecule has 30 heavy (non-hydrogen) atoms. The number of non-ortho nitro benzene ring substituents is 1. The molecule has 0 bridgehead atoms. The van der Waals surface area contributed by atoms with Crippen LogP contribution in [0.5, 0.6) is 0 Å². The smallest absolute Gasteiger partial charge is 0.338 e. The third-order valence-electron chi connectivity index (χ3n) is 5.04. The van der Waals surface area contributed by atoms with Gasteiger partial charge in [-0.3, -0.25) is 15.0 Å². The molecule has 8 nitrogen and oxygen atoms in total. The van der Waals surface area contributed by atoms with Gasteiger partial charge in [0.05, 0.1) is 23.1 Å². The van der Waals surface area contributed by atoms with E-state index in [0.29, 0.717) is 29.8 Å². The van der Waals surface area contributed by atoms with Crippen molar-refractivity contribution in [2.24, 2.45) is 0 Å². The molecule has 0 fully saturated rings. The third-order valence-corrected chi connectivity index (χ3v) is 5.04. The normalized spacial score (nSPS) is 16.3. The number of hydrogen-bond donors (Lipinski definition) is 1. The lowest BCUT2D eigenvalue weighted by Crippen LogP contribution is -2.47. The number of nitro benzene ring substituents is 1. The summed E-state index contributed by atoms with van der Waals surface area (Å²) in [4.78, 5) is 37.3. The highest BCUT2D eigenvalue weighted by Crippen LogP contribution is 2.32. The van der Waals surface area contributed by atoms with Crippen molar-refractivity contribution in [1.82, 2.24) is 10.2 Å². The van der Waals surface area contributed by atoms with Gasteiger partial charge in [-0.1, -0.05) is 30.3 Å². The molecule has 0 aliphatic carbocycles. The van der Waals surface area contributed by atoms with Crippen molar-refractivity contribution in [3.63, 3.8) is 0 Å². The van der Waals surface area contributed by atoms with Crippen molar-refractivity contribution in [3.8, 4) is 0 Å². The predicted molar refractivity (Wildman–Crippen MR) is 111 cm³/mol. The number of nitro groups is 1. The molecule has 0 spiro atoms. The van der Waals surface area contributed by atoms with Crippen molar-refractivity contribution >= 4 is 17.7 Å². The number of benzene rings is 2. The topological polar surface area (TPSA) is 102 Å². The van der Waals surface area contributed by atoms with Crippen LogP contribution in [0, 0.1) is 10.1 Å². The SMILES string of the molecule is CCN1C(=O)NC(c2ccc([N+](=O)[O-])cc2)C(C(=O)OCCc2ccccc2)=C1C. The van der Waals surface area contributed by atoms with E-state index in [1.807, 2.05) is 37.3 Å². The lowest BCUT2D eigenvalue weighted by Gasteiger charge is -2.34. The summed E-state index contributed by atoms with van der Waals surface area (Å²) in [5, 5.41) is 13.7. The van der Waals surface area contributed by atoms with Gasteiger partial charge in [0, 0.05) is 30.8 Å². The van der Waals surface area contributed by atoms with Crippen LogP contribution in [0.2, 0.25) is 0 Å². The number of carbonyl (C=O) groups is 2. The van der Waals surface area contributed by atoms with Gasteiger partial charge in [-0.15, -0.1) is 0 Å². The minimum atomic E-state index is -0.745. The average molecular weight is 409 g/mol. The lowest BCUT2D eigenvalue weighted by atomic mass is 9.94. The molecule has 2 aromatic carbocycles. The van der Waals surface area contributed by atoms with Crippen LogP contribution in [0.1, 0.15) is 31.0 Å². The van der Waals surface area contributed by atoms with Crippen LogP contribution in [0.4, 0.5) is 10.5 Å². The number of amides is 2. The monoisotopic (exact) mass is 409 g/mol. The number of carbonyl (C=O) groups excluding carboxylic acids is 2. The molecule has 1 unspecified atom stereocenters. The number of nitrogens with zero attached hydrogens (tertiary/aromatic N) is 2. The summed E-state index contributed by atoms with van der Waals surface area (Å²) in [6.45, 7) is 4.11. The molecule has 0 aromatic heterocycles. The van der Waals surface area contributed by atoms with E-state index in [-0.39, 0.29) is 18.3 Å². The maximum Gasteiger partial charge on any atom is 0.338 e. The largest absolute Gasteiger partial charge is 0.462 e. The summed E-state index contributed by atoms with van der Waals surface area (Å²) in [5.41, 5.74) is 2.38. The van der Waals surface area contributed by atoms with E-state index in [4.69, 9.17) is 4.74 Å². The Hall–Kier alpha value is -3.68. The first kappa shape index (κ1) is 21.0. The summed E-state index contributed by atoms with van der Waals surface area (Å²) in [6, 6.07) is 14.4.